The molecule has 0 amide bonds. The molecule has 0 saturated carbocycles. The van der Waals surface area contributed by atoms with Crippen LogP contribution >= 0.6 is 0 Å². The van der Waals surface area contributed by atoms with Gasteiger partial charge in [0.2, 0.25) is 5.95 Å². The second-order valence-electron chi connectivity index (χ2n) is 4.85. The molecule has 0 aliphatic rings. The van der Waals surface area contributed by atoms with Crippen LogP contribution in [0.5, 0.6) is 5.75 Å². The number of nitrogens with one attached hydrogen (secondary N) is 1. The average molecular weight is 332 g/mol. The van der Waals surface area contributed by atoms with Crippen molar-refractivity contribution in [3.8, 4) is 5.75 Å². The Morgan fingerprint density at radius 1 is 1.17 bits per heavy atom. The Labute approximate surface area is 134 Å². The van der Waals surface area contributed by atoms with Crippen molar-refractivity contribution in [3.63, 3.8) is 0 Å². The van der Waals surface area contributed by atoms with Gasteiger partial charge in [0.15, 0.2) is 0 Å². The first-order valence-electron chi connectivity index (χ1n) is 7.04. The summed E-state index contributed by atoms with van der Waals surface area (Å²) in [4.78, 5) is 4.06. The van der Waals surface area contributed by atoms with Crippen molar-refractivity contribution in [2.45, 2.75) is 11.8 Å². The molecule has 1 N–H and O–H groups in total. The van der Waals surface area contributed by atoms with Gasteiger partial charge in [0.05, 0.1) is 11.5 Å². The van der Waals surface area contributed by atoms with Crippen LogP contribution in [0, 0.1) is 0 Å². The normalized spacial score (nSPS) is 11.6. The maximum atomic E-state index is 12.7. The zero-order valence-corrected chi connectivity index (χ0v) is 13.5. The Morgan fingerprint density at radius 3 is 2.57 bits per heavy atom. The number of sulfonamides is 1. The molecule has 0 aliphatic heterocycles. The lowest BCUT2D eigenvalue weighted by Gasteiger charge is -2.12. The van der Waals surface area contributed by atoms with Crippen LogP contribution in [0.3, 0.4) is 0 Å². The van der Waals surface area contributed by atoms with Crippen molar-refractivity contribution in [1.29, 1.82) is 0 Å². The SMILES string of the molecule is CCOc1ccc(S(=O)(=O)Nc2ncnn2C)c2ccccc12. The summed E-state index contributed by atoms with van der Waals surface area (Å²) in [6, 6.07) is 10.4. The Hall–Kier alpha value is -2.61. The molecular weight excluding hydrogens is 316 g/mol. The average Bonchev–Trinajstić information content (AvgIpc) is 2.92. The summed E-state index contributed by atoms with van der Waals surface area (Å²) in [5.41, 5.74) is 0. The van der Waals surface area contributed by atoms with Gasteiger partial charge in [-0.15, -0.1) is 0 Å². The number of hydrogen-bond donors (Lipinski definition) is 1. The fourth-order valence-electron chi connectivity index (χ4n) is 2.32. The van der Waals surface area contributed by atoms with Crippen LogP contribution in [0.15, 0.2) is 47.6 Å². The van der Waals surface area contributed by atoms with Crippen molar-refractivity contribution in [1.82, 2.24) is 14.8 Å². The number of benzene rings is 2. The third-order valence-corrected chi connectivity index (χ3v) is 4.76. The van der Waals surface area contributed by atoms with Crippen LogP contribution in [0.4, 0.5) is 5.95 Å². The van der Waals surface area contributed by atoms with E-state index in [1.807, 2.05) is 19.1 Å². The number of hydrogen-bond acceptors (Lipinski definition) is 5. The lowest BCUT2D eigenvalue weighted by molar-refractivity contribution is 0.344. The number of rotatable bonds is 5. The monoisotopic (exact) mass is 332 g/mol. The Balaban J connectivity index is 2.13. The first-order valence-corrected chi connectivity index (χ1v) is 8.52. The van der Waals surface area contributed by atoms with Crippen LogP contribution < -0.4 is 9.46 Å². The number of fused-ring (bicyclic) bond motifs is 1. The number of anilines is 1. The van der Waals surface area contributed by atoms with E-state index in [0.717, 1.165) is 5.39 Å². The van der Waals surface area contributed by atoms with Crippen molar-refractivity contribution in [3.05, 3.63) is 42.7 Å². The summed E-state index contributed by atoms with van der Waals surface area (Å²) in [6.45, 7) is 2.39. The summed E-state index contributed by atoms with van der Waals surface area (Å²) in [5.74, 6) is 0.809. The van der Waals surface area contributed by atoms with Crippen molar-refractivity contribution in [2.24, 2.45) is 7.05 Å². The lowest BCUT2D eigenvalue weighted by atomic mass is 10.1. The molecule has 2 aromatic carbocycles. The van der Waals surface area contributed by atoms with Crippen LogP contribution in [0.25, 0.3) is 10.8 Å². The van der Waals surface area contributed by atoms with E-state index >= 15 is 0 Å². The summed E-state index contributed by atoms with van der Waals surface area (Å²) in [6.07, 6.45) is 1.29. The van der Waals surface area contributed by atoms with E-state index in [4.69, 9.17) is 4.74 Å². The number of aryl methyl sites for hydroxylation is 1. The highest BCUT2D eigenvalue weighted by atomic mass is 32.2. The molecule has 0 radical (unpaired) electrons. The van der Waals surface area contributed by atoms with E-state index < -0.39 is 10.0 Å². The Bertz CT molecular complexity index is 950. The molecule has 23 heavy (non-hydrogen) atoms. The smallest absolute Gasteiger partial charge is 0.264 e. The summed E-state index contributed by atoms with van der Waals surface area (Å²) in [5, 5.41) is 5.19. The maximum absolute atomic E-state index is 12.7. The van der Waals surface area contributed by atoms with Gasteiger partial charge < -0.3 is 4.74 Å². The quantitative estimate of drug-likeness (QED) is 0.774. The van der Waals surface area contributed by atoms with E-state index in [-0.39, 0.29) is 10.8 Å². The van der Waals surface area contributed by atoms with Gasteiger partial charge in [-0.2, -0.15) is 10.1 Å². The minimum absolute atomic E-state index is 0.156. The fraction of sp³-hybridized carbons (Fsp3) is 0.200. The molecule has 1 aromatic heterocycles. The molecular formula is C15H16N4O3S. The lowest BCUT2D eigenvalue weighted by Crippen LogP contribution is -2.16. The van der Waals surface area contributed by atoms with Gasteiger partial charge in [0, 0.05) is 17.8 Å². The molecule has 0 aliphatic carbocycles. The van der Waals surface area contributed by atoms with E-state index in [2.05, 4.69) is 14.8 Å². The molecule has 0 spiro atoms. The summed E-state index contributed by atoms with van der Waals surface area (Å²) in [7, 11) is -2.18. The van der Waals surface area contributed by atoms with E-state index in [1.54, 1.807) is 25.2 Å². The number of nitrogens with zero attached hydrogens (tertiary/aromatic N) is 3. The standard InChI is InChI=1S/C15H16N4O3S/c1-3-22-13-8-9-14(12-7-5-4-6-11(12)13)23(20,21)18-15-16-10-17-19(15)2/h4-10H,3H2,1-2H3,(H,16,17,18). The van der Waals surface area contributed by atoms with Gasteiger partial charge >= 0.3 is 0 Å². The summed E-state index contributed by atoms with van der Waals surface area (Å²) < 4.78 is 34.8. The Morgan fingerprint density at radius 2 is 1.91 bits per heavy atom. The molecule has 1 heterocycles. The third kappa shape index (κ3) is 2.85. The topological polar surface area (TPSA) is 86.1 Å². The molecule has 7 nitrogen and oxygen atoms in total. The molecule has 0 atom stereocenters. The fourth-order valence-corrected chi connectivity index (χ4v) is 3.57. The van der Waals surface area contributed by atoms with Crippen LogP contribution in [0.1, 0.15) is 6.92 Å². The molecule has 120 valence electrons. The molecule has 0 fully saturated rings. The molecule has 0 bridgehead atoms. The molecule has 3 rings (SSSR count). The van der Waals surface area contributed by atoms with Crippen LogP contribution in [-0.2, 0) is 17.1 Å². The van der Waals surface area contributed by atoms with Crippen LogP contribution in [-0.4, -0.2) is 29.8 Å². The highest BCUT2D eigenvalue weighted by Gasteiger charge is 2.20. The van der Waals surface area contributed by atoms with E-state index in [9.17, 15) is 8.42 Å². The minimum Gasteiger partial charge on any atom is -0.493 e. The second-order valence-corrected chi connectivity index (χ2v) is 6.50. The largest absolute Gasteiger partial charge is 0.493 e. The highest BCUT2D eigenvalue weighted by Crippen LogP contribution is 2.31. The predicted molar refractivity (Wildman–Crippen MR) is 86.9 cm³/mol. The molecule has 8 heteroatoms. The van der Waals surface area contributed by atoms with Gasteiger partial charge in [-0.3, -0.25) is 0 Å². The zero-order chi connectivity index (χ0) is 16.4. The highest BCUT2D eigenvalue weighted by molar-refractivity contribution is 7.93. The van der Waals surface area contributed by atoms with Crippen molar-refractivity contribution >= 4 is 26.7 Å². The maximum Gasteiger partial charge on any atom is 0.264 e. The molecule has 0 saturated heterocycles. The number of ether oxygens (including phenoxy) is 1. The first kappa shape index (κ1) is 15.3. The minimum atomic E-state index is -3.79. The Kier molecular flexibility index (Phi) is 3.91. The first-order chi connectivity index (χ1) is 11.0. The van der Waals surface area contributed by atoms with Gasteiger partial charge in [-0.1, -0.05) is 24.3 Å². The van der Waals surface area contributed by atoms with Crippen molar-refractivity contribution < 1.29 is 13.2 Å². The molecule has 3 aromatic rings. The van der Waals surface area contributed by atoms with Gasteiger partial charge in [0.25, 0.3) is 10.0 Å². The predicted octanol–water partition coefficient (Wildman–Crippen LogP) is 2.17. The van der Waals surface area contributed by atoms with E-state index in [0.29, 0.717) is 17.7 Å². The van der Waals surface area contributed by atoms with Gasteiger partial charge in [-0.25, -0.2) is 17.8 Å². The molecule has 0 unspecified atom stereocenters. The van der Waals surface area contributed by atoms with Crippen LogP contribution in [0.2, 0.25) is 0 Å². The second kappa shape index (κ2) is 5.88. The van der Waals surface area contributed by atoms with Gasteiger partial charge in [-0.05, 0) is 19.1 Å². The number of aromatic nitrogens is 3. The summed E-state index contributed by atoms with van der Waals surface area (Å²) >= 11 is 0. The van der Waals surface area contributed by atoms with Gasteiger partial charge in [0.1, 0.15) is 12.1 Å². The van der Waals surface area contributed by atoms with E-state index in [1.165, 1.54) is 17.1 Å². The third-order valence-electron chi connectivity index (χ3n) is 3.37. The van der Waals surface area contributed by atoms with Crippen molar-refractivity contribution in [2.75, 3.05) is 11.3 Å². The zero-order valence-electron chi connectivity index (χ0n) is 12.7.